The molecule has 2 aromatic rings. The molecule has 2 aliphatic rings. The van der Waals surface area contributed by atoms with Crippen LogP contribution in [0.5, 0.6) is 0 Å². The van der Waals surface area contributed by atoms with Crippen LogP contribution in [0.4, 0.5) is 5.82 Å². The number of carbonyl (C=O) groups is 1. The zero-order valence-electron chi connectivity index (χ0n) is 14.7. The van der Waals surface area contributed by atoms with Crippen LogP contribution >= 0.6 is 0 Å². The Hall–Kier alpha value is -2.37. The molecule has 132 valence electrons. The van der Waals surface area contributed by atoms with E-state index in [4.69, 9.17) is 0 Å². The molecule has 0 spiro atoms. The van der Waals surface area contributed by atoms with Crippen molar-refractivity contribution in [3.63, 3.8) is 0 Å². The largest absolute Gasteiger partial charge is 0.356 e. The molecular weight excluding hydrogens is 314 g/mol. The quantitative estimate of drug-likeness (QED) is 0.895. The molecule has 0 radical (unpaired) electrons. The number of nitrogens with one attached hydrogen (secondary N) is 2. The standard InChI is InChI=1S/C19H25N5O/c1-13-22-16-7-6-14(11-17(16)23-13)19(25)21-12-15-5-4-8-20-18(15)24-9-2-3-10-24/h4-5,8,14H,2-3,6-7,9-12H2,1H3,(H,21,25)(H,22,23)/t14-/m1/s1. The molecule has 1 saturated heterocycles. The molecule has 1 amide bonds. The molecule has 2 N–H and O–H groups in total. The van der Waals surface area contributed by atoms with Gasteiger partial charge in [0.25, 0.3) is 0 Å². The Kier molecular flexibility index (Phi) is 4.42. The maximum atomic E-state index is 12.6. The zero-order valence-corrected chi connectivity index (χ0v) is 14.7. The SMILES string of the molecule is Cc1nc2c([nH]1)C[C@H](C(=O)NCc1cccnc1N1CCCC1)CC2. The van der Waals surface area contributed by atoms with Gasteiger partial charge in [0.2, 0.25) is 5.91 Å². The third-order valence-electron chi connectivity index (χ3n) is 5.26. The van der Waals surface area contributed by atoms with Gasteiger partial charge < -0.3 is 15.2 Å². The molecule has 2 aromatic heterocycles. The van der Waals surface area contributed by atoms with E-state index in [0.717, 1.165) is 60.9 Å². The lowest BCUT2D eigenvalue weighted by molar-refractivity contribution is -0.125. The third-order valence-corrected chi connectivity index (χ3v) is 5.26. The number of amides is 1. The van der Waals surface area contributed by atoms with Gasteiger partial charge in [0.15, 0.2) is 0 Å². The first kappa shape index (κ1) is 16.1. The monoisotopic (exact) mass is 339 g/mol. The van der Waals surface area contributed by atoms with E-state index < -0.39 is 0 Å². The molecule has 0 saturated carbocycles. The van der Waals surface area contributed by atoms with Crippen LogP contribution in [0.15, 0.2) is 18.3 Å². The number of anilines is 1. The summed E-state index contributed by atoms with van der Waals surface area (Å²) < 4.78 is 0. The average molecular weight is 339 g/mol. The van der Waals surface area contributed by atoms with Gasteiger partial charge in [-0.3, -0.25) is 4.79 Å². The minimum atomic E-state index is 0.0271. The fourth-order valence-corrected chi connectivity index (χ4v) is 3.96. The molecule has 1 aliphatic heterocycles. The lowest BCUT2D eigenvalue weighted by atomic mass is 9.89. The van der Waals surface area contributed by atoms with Crippen molar-refractivity contribution in [1.82, 2.24) is 20.3 Å². The Labute approximate surface area is 148 Å². The van der Waals surface area contributed by atoms with Crippen LogP contribution in [0, 0.1) is 12.8 Å². The lowest BCUT2D eigenvalue weighted by Crippen LogP contribution is -2.34. The maximum Gasteiger partial charge on any atom is 0.223 e. The smallest absolute Gasteiger partial charge is 0.223 e. The van der Waals surface area contributed by atoms with E-state index in [1.807, 2.05) is 19.2 Å². The fraction of sp³-hybridized carbons (Fsp3) is 0.526. The van der Waals surface area contributed by atoms with Gasteiger partial charge in [-0.05, 0) is 38.7 Å². The molecule has 1 fully saturated rings. The summed E-state index contributed by atoms with van der Waals surface area (Å²) in [5, 5.41) is 3.13. The summed E-state index contributed by atoms with van der Waals surface area (Å²) in [6.45, 7) is 4.63. The van der Waals surface area contributed by atoms with Gasteiger partial charge in [0.1, 0.15) is 11.6 Å². The summed E-state index contributed by atoms with van der Waals surface area (Å²) in [6, 6.07) is 4.01. The second kappa shape index (κ2) is 6.86. The first-order valence-corrected chi connectivity index (χ1v) is 9.21. The predicted molar refractivity (Wildman–Crippen MR) is 96.4 cm³/mol. The van der Waals surface area contributed by atoms with Crippen LogP contribution in [-0.4, -0.2) is 33.9 Å². The van der Waals surface area contributed by atoms with E-state index >= 15 is 0 Å². The van der Waals surface area contributed by atoms with E-state index in [1.165, 1.54) is 12.8 Å². The van der Waals surface area contributed by atoms with Crippen LogP contribution in [0.25, 0.3) is 0 Å². The number of rotatable bonds is 4. The molecular formula is C19H25N5O. The van der Waals surface area contributed by atoms with E-state index in [9.17, 15) is 4.79 Å². The van der Waals surface area contributed by atoms with Crippen LogP contribution in [0.1, 0.15) is 42.0 Å². The number of pyridine rings is 1. The van der Waals surface area contributed by atoms with Crippen LogP contribution in [0.2, 0.25) is 0 Å². The van der Waals surface area contributed by atoms with Crippen molar-refractivity contribution in [3.05, 3.63) is 41.1 Å². The minimum Gasteiger partial charge on any atom is -0.356 e. The van der Waals surface area contributed by atoms with Crippen molar-refractivity contribution in [3.8, 4) is 0 Å². The number of aromatic nitrogens is 3. The second-order valence-electron chi connectivity index (χ2n) is 7.09. The molecule has 0 aromatic carbocycles. The van der Waals surface area contributed by atoms with Crippen molar-refractivity contribution in [2.24, 2.45) is 5.92 Å². The second-order valence-corrected chi connectivity index (χ2v) is 7.09. The average Bonchev–Trinajstić information content (AvgIpc) is 3.27. The summed E-state index contributed by atoms with van der Waals surface area (Å²) in [4.78, 5) is 27.3. The molecule has 6 heteroatoms. The molecule has 0 bridgehead atoms. The predicted octanol–water partition coefficient (Wildman–Crippen LogP) is 2.13. The van der Waals surface area contributed by atoms with E-state index in [0.29, 0.717) is 6.54 Å². The number of imidazole rings is 1. The minimum absolute atomic E-state index is 0.0271. The first-order valence-electron chi connectivity index (χ1n) is 9.21. The van der Waals surface area contributed by atoms with Gasteiger partial charge in [-0.25, -0.2) is 9.97 Å². The number of H-pyrrole nitrogens is 1. The summed E-state index contributed by atoms with van der Waals surface area (Å²) in [5.41, 5.74) is 3.36. The number of hydrogen-bond acceptors (Lipinski definition) is 4. The highest BCUT2D eigenvalue weighted by Crippen LogP contribution is 2.25. The van der Waals surface area contributed by atoms with Crippen LogP contribution < -0.4 is 10.2 Å². The molecule has 4 rings (SSSR count). The van der Waals surface area contributed by atoms with Gasteiger partial charge >= 0.3 is 0 Å². The van der Waals surface area contributed by atoms with Gasteiger partial charge in [-0.15, -0.1) is 0 Å². The van der Waals surface area contributed by atoms with E-state index in [-0.39, 0.29) is 11.8 Å². The van der Waals surface area contributed by atoms with Crippen molar-refractivity contribution < 1.29 is 4.79 Å². The maximum absolute atomic E-state index is 12.6. The summed E-state index contributed by atoms with van der Waals surface area (Å²) in [6.07, 6.45) is 6.78. The first-order chi connectivity index (χ1) is 12.2. The highest BCUT2D eigenvalue weighted by atomic mass is 16.1. The Bertz CT molecular complexity index is 763. The summed E-state index contributed by atoms with van der Waals surface area (Å²) in [5.74, 6) is 2.13. The van der Waals surface area contributed by atoms with Crippen LogP contribution in [-0.2, 0) is 24.2 Å². The van der Waals surface area contributed by atoms with Crippen molar-refractivity contribution >= 4 is 11.7 Å². The van der Waals surface area contributed by atoms with Crippen LogP contribution in [0.3, 0.4) is 0 Å². The molecule has 25 heavy (non-hydrogen) atoms. The highest BCUT2D eigenvalue weighted by Gasteiger charge is 2.27. The number of aromatic amines is 1. The van der Waals surface area contributed by atoms with Gasteiger partial charge in [0, 0.05) is 49.4 Å². The topological polar surface area (TPSA) is 73.9 Å². The van der Waals surface area contributed by atoms with Gasteiger partial charge in [-0.1, -0.05) is 6.07 Å². The molecule has 0 unspecified atom stereocenters. The number of carbonyl (C=O) groups excluding carboxylic acids is 1. The number of fused-ring (bicyclic) bond motifs is 1. The third kappa shape index (κ3) is 3.38. The number of nitrogens with zero attached hydrogens (tertiary/aromatic N) is 3. The van der Waals surface area contributed by atoms with E-state index in [2.05, 4.69) is 31.2 Å². The Morgan fingerprint density at radius 3 is 3.08 bits per heavy atom. The Morgan fingerprint density at radius 1 is 1.40 bits per heavy atom. The molecule has 6 nitrogen and oxygen atoms in total. The molecule has 1 aliphatic carbocycles. The molecule has 3 heterocycles. The zero-order chi connectivity index (χ0) is 17.2. The normalized spacial score (nSPS) is 19.7. The van der Waals surface area contributed by atoms with E-state index in [1.54, 1.807) is 0 Å². The highest BCUT2D eigenvalue weighted by molar-refractivity contribution is 5.79. The van der Waals surface area contributed by atoms with Gasteiger partial charge in [0.05, 0.1) is 5.69 Å². The Morgan fingerprint density at radius 2 is 2.24 bits per heavy atom. The summed E-state index contributed by atoms with van der Waals surface area (Å²) >= 11 is 0. The summed E-state index contributed by atoms with van der Waals surface area (Å²) in [7, 11) is 0. The lowest BCUT2D eigenvalue weighted by Gasteiger charge is -2.22. The fourth-order valence-electron chi connectivity index (χ4n) is 3.96. The van der Waals surface area contributed by atoms with Crippen molar-refractivity contribution in [2.45, 2.75) is 45.6 Å². The number of hydrogen-bond donors (Lipinski definition) is 2. The van der Waals surface area contributed by atoms with Crippen molar-refractivity contribution in [2.75, 3.05) is 18.0 Å². The van der Waals surface area contributed by atoms with Gasteiger partial charge in [-0.2, -0.15) is 0 Å². The molecule has 1 atom stereocenters. The van der Waals surface area contributed by atoms with Crippen molar-refractivity contribution in [1.29, 1.82) is 0 Å². The number of aryl methyl sites for hydroxylation is 2. The Balaban J connectivity index is 1.39.